The molecule has 0 fully saturated rings. The van der Waals surface area contributed by atoms with Gasteiger partial charge in [0.05, 0.1) is 12.9 Å². The molecule has 3 rings (SSSR count). The van der Waals surface area contributed by atoms with Gasteiger partial charge in [0.15, 0.2) is 10.9 Å². The number of aromatic nitrogens is 2. The third kappa shape index (κ3) is 4.77. The van der Waals surface area contributed by atoms with Gasteiger partial charge in [-0.2, -0.15) is 0 Å². The molecule has 1 heterocycles. The number of nitrogens with zero attached hydrogens (tertiary/aromatic N) is 2. The first-order valence-corrected chi connectivity index (χ1v) is 9.27. The van der Waals surface area contributed by atoms with Crippen LogP contribution in [-0.4, -0.2) is 34.1 Å². The number of ether oxygens (including phenoxy) is 1. The van der Waals surface area contributed by atoms with Crippen LogP contribution in [0.4, 0.5) is 5.69 Å². The summed E-state index contributed by atoms with van der Waals surface area (Å²) in [7, 11) is 1.63. The van der Waals surface area contributed by atoms with Crippen molar-refractivity contribution in [3.63, 3.8) is 0 Å². The summed E-state index contributed by atoms with van der Waals surface area (Å²) in [6.45, 7) is 1.45. The molecule has 0 aliphatic carbocycles. The average Bonchev–Trinajstić information content (AvgIpc) is 3.15. The first-order valence-electron chi connectivity index (χ1n) is 8.28. The molecule has 1 aromatic heterocycles. The lowest BCUT2D eigenvalue weighted by Crippen LogP contribution is -2.07. The van der Waals surface area contributed by atoms with Crippen LogP contribution in [0.15, 0.2) is 66.1 Å². The summed E-state index contributed by atoms with van der Waals surface area (Å²) in [5, 5.41) is 3.42. The topological polar surface area (TPSA) is 73.2 Å². The van der Waals surface area contributed by atoms with E-state index in [4.69, 9.17) is 4.74 Å². The van der Waals surface area contributed by atoms with Crippen LogP contribution in [-0.2, 0) is 4.79 Å². The predicted octanol–water partition coefficient (Wildman–Crippen LogP) is 3.81. The van der Waals surface area contributed by atoms with E-state index >= 15 is 0 Å². The third-order valence-corrected chi connectivity index (χ3v) is 4.78. The van der Waals surface area contributed by atoms with Crippen molar-refractivity contribution in [2.45, 2.75) is 12.1 Å². The molecule has 0 spiro atoms. The largest absolute Gasteiger partial charge is 0.497 e. The van der Waals surface area contributed by atoms with Crippen molar-refractivity contribution >= 4 is 29.1 Å². The second-order valence-corrected chi connectivity index (χ2v) is 6.69. The van der Waals surface area contributed by atoms with Gasteiger partial charge in [-0.25, -0.2) is 4.98 Å². The first kappa shape index (κ1) is 18.7. The molecular formula is C20H19N3O3S. The second-order valence-electron chi connectivity index (χ2n) is 5.75. The van der Waals surface area contributed by atoms with Gasteiger partial charge >= 0.3 is 0 Å². The highest BCUT2D eigenvalue weighted by Crippen LogP contribution is 2.23. The standard InChI is InChI=1S/C20H19N3O3S/c1-14(24)22-16-5-3-15(4-6-16)19(25)13-27-20-21-11-12-23(20)17-7-9-18(26-2)10-8-17/h3-12H,13H2,1-2H3,(H,22,24). The third-order valence-electron chi connectivity index (χ3n) is 3.82. The number of rotatable bonds is 7. The zero-order valence-corrected chi connectivity index (χ0v) is 15.8. The number of ketones is 1. The number of hydrogen-bond acceptors (Lipinski definition) is 5. The highest BCUT2D eigenvalue weighted by Gasteiger charge is 2.11. The Morgan fingerprint density at radius 3 is 2.44 bits per heavy atom. The summed E-state index contributed by atoms with van der Waals surface area (Å²) in [6.07, 6.45) is 3.57. The van der Waals surface area contributed by atoms with E-state index in [1.807, 2.05) is 35.0 Å². The van der Waals surface area contributed by atoms with Gasteiger partial charge in [0, 0.05) is 36.3 Å². The number of anilines is 1. The van der Waals surface area contributed by atoms with E-state index in [9.17, 15) is 9.59 Å². The van der Waals surface area contributed by atoms with Gasteiger partial charge in [-0.1, -0.05) is 11.8 Å². The van der Waals surface area contributed by atoms with Gasteiger partial charge < -0.3 is 10.1 Å². The van der Waals surface area contributed by atoms with E-state index in [0.717, 1.165) is 16.6 Å². The van der Waals surface area contributed by atoms with Crippen molar-refractivity contribution in [2.75, 3.05) is 18.2 Å². The van der Waals surface area contributed by atoms with Crippen LogP contribution in [0, 0.1) is 0 Å². The molecule has 0 aliphatic heterocycles. The van der Waals surface area contributed by atoms with Crippen LogP contribution in [0.5, 0.6) is 5.75 Å². The Morgan fingerprint density at radius 1 is 1.11 bits per heavy atom. The number of benzene rings is 2. The van der Waals surface area contributed by atoms with Crippen molar-refractivity contribution < 1.29 is 14.3 Å². The summed E-state index contributed by atoms with van der Waals surface area (Å²) in [5.41, 5.74) is 2.21. The summed E-state index contributed by atoms with van der Waals surface area (Å²) in [4.78, 5) is 27.8. The molecule has 0 radical (unpaired) electrons. The Bertz CT molecular complexity index is 934. The Labute approximate surface area is 161 Å². The molecule has 0 aliphatic rings. The van der Waals surface area contributed by atoms with E-state index in [1.165, 1.54) is 18.7 Å². The van der Waals surface area contributed by atoms with E-state index in [2.05, 4.69) is 10.3 Å². The number of carbonyl (C=O) groups excluding carboxylic acids is 2. The Hall–Kier alpha value is -3.06. The Morgan fingerprint density at radius 2 is 1.81 bits per heavy atom. The normalized spacial score (nSPS) is 10.4. The fourth-order valence-electron chi connectivity index (χ4n) is 2.49. The molecule has 1 N–H and O–H groups in total. The fraction of sp³-hybridized carbons (Fsp3) is 0.150. The van der Waals surface area contributed by atoms with E-state index in [0.29, 0.717) is 11.3 Å². The predicted molar refractivity (Wildman–Crippen MR) is 106 cm³/mol. The number of Topliss-reactive ketones (excluding diaryl/α,β-unsaturated/α-hetero) is 1. The number of hydrogen-bond donors (Lipinski definition) is 1. The molecule has 0 bridgehead atoms. The van der Waals surface area contributed by atoms with Crippen molar-refractivity contribution in [3.05, 3.63) is 66.5 Å². The molecule has 7 heteroatoms. The molecule has 1 amide bonds. The van der Waals surface area contributed by atoms with Gasteiger partial charge in [0.25, 0.3) is 0 Å². The monoisotopic (exact) mass is 381 g/mol. The SMILES string of the molecule is COc1ccc(-n2ccnc2SCC(=O)c2ccc(NC(C)=O)cc2)cc1. The van der Waals surface area contributed by atoms with Crippen LogP contribution in [0.25, 0.3) is 5.69 Å². The van der Waals surface area contributed by atoms with Crippen molar-refractivity contribution in [3.8, 4) is 11.4 Å². The van der Waals surface area contributed by atoms with Gasteiger partial charge in [-0.15, -0.1) is 0 Å². The molecule has 6 nitrogen and oxygen atoms in total. The molecule has 3 aromatic rings. The molecule has 0 unspecified atom stereocenters. The minimum atomic E-state index is -0.144. The van der Waals surface area contributed by atoms with E-state index < -0.39 is 0 Å². The smallest absolute Gasteiger partial charge is 0.221 e. The van der Waals surface area contributed by atoms with Crippen molar-refractivity contribution in [1.82, 2.24) is 9.55 Å². The van der Waals surface area contributed by atoms with Crippen LogP contribution >= 0.6 is 11.8 Å². The minimum absolute atomic E-state index is 0.00124. The lowest BCUT2D eigenvalue weighted by atomic mass is 10.1. The fourth-order valence-corrected chi connectivity index (χ4v) is 3.36. The van der Waals surface area contributed by atoms with Crippen LogP contribution < -0.4 is 10.1 Å². The summed E-state index contributed by atoms with van der Waals surface area (Å²) >= 11 is 1.38. The minimum Gasteiger partial charge on any atom is -0.497 e. The molecule has 0 saturated heterocycles. The number of methoxy groups -OCH3 is 1. The Kier molecular flexibility index (Phi) is 5.93. The van der Waals surface area contributed by atoms with Crippen LogP contribution in [0.2, 0.25) is 0 Å². The van der Waals surface area contributed by atoms with Gasteiger partial charge in [0.2, 0.25) is 5.91 Å². The van der Waals surface area contributed by atoms with E-state index in [1.54, 1.807) is 37.6 Å². The van der Waals surface area contributed by atoms with Crippen molar-refractivity contribution in [1.29, 1.82) is 0 Å². The van der Waals surface area contributed by atoms with Gasteiger partial charge in [0.1, 0.15) is 5.75 Å². The summed E-state index contributed by atoms with van der Waals surface area (Å²) in [5.74, 6) is 0.909. The Balaban J connectivity index is 1.65. The molecule has 2 aromatic carbocycles. The van der Waals surface area contributed by atoms with Crippen LogP contribution in [0.3, 0.4) is 0 Å². The van der Waals surface area contributed by atoms with Gasteiger partial charge in [-0.3, -0.25) is 14.2 Å². The quantitative estimate of drug-likeness (QED) is 0.498. The zero-order valence-electron chi connectivity index (χ0n) is 15.0. The average molecular weight is 381 g/mol. The van der Waals surface area contributed by atoms with Gasteiger partial charge in [-0.05, 0) is 48.5 Å². The highest BCUT2D eigenvalue weighted by atomic mass is 32.2. The molecular weight excluding hydrogens is 362 g/mol. The maximum Gasteiger partial charge on any atom is 0.221 e. The lowest BCUT2D eigenvalue weighted by Gasteiger charge is -2.08. The second kappa shape index (κ2) is 8.55. The number of amides is 1. The lowest BCUT2D eigenvalue weighted by molar-refractivity contribution is -0.114. The highest BCUT2D eigenvalue weighted by molar-refractivity contribution is 7.99. The molecule has 0 atom stereocenters. The van der Waals surface area contributed by atoms with E-state index in [-0.39, 0.29) is 17.4 Å². The maximum absolute atomic E-state index is 12.4. The van der Waals surface area contributed by atoms with Crippen molar-refractivity contribution in [2.24, 2.45) is 0 Å². The maximum atomic E-state index is 12.4. The molecule has 138 valence electrons. The number of thioether (sulfide) groups is 1. The van der Waals surface area contributed by atoms with Crippen LogP contribution in [0.1, 0.15) is 17.3 Å². The zero-order chi connectivity index (χ0) is 19.2. The molecule has 0 saturated carbocycles. The number of carbonyl (C=O) groups is 2. The summed E-state index contributed by atoms with van der Waals surface area (Å²) < 4.78 is 7.10. The number of imidazole rings is 1. The first-order chi connectivity index (χ1) is 13.1. The summed E-state index contributed by atoms with van der Waals surface area (Å²) in [6, 6.07) is 14.5. The number of nitrogens with one attached hydrogen (secondary N) is 1. The molecule has 27 heavy (non-hydrogen) atoms.